The Morgan fingerprint density at radius 2 is 1.33 bits per heavy atom. The van der Waals surface area contributed by atoms with Crippen LogP contribution in [-0.4, -0.2) is 133 Å². The van der Waals surface area contributed by atoms with Gasteiger partial charge in [0.15, 0.2) is 30.6 Å². The van der Waals surface area contributed by atoms with Gasteiger partial charge in [-0.1, -0.05) is 47.1 Å². The van der Waals surface area contributed by atoms with E-state index in [1.165, 1.54) is 0 Å². The number of esters is 1. The summed E-state index contributed by atoms with van der Waals surface area (Å²) in [6.07, 6.45) is -12.8. The Labute approximate surface area is 337 Å². The molecule has 8 aliphatic rings. The molecular weight excluding hydrogens is 760 g/mol. The molecule has 7 N–H and O–H groups in total. The van der Waals surface area contributed by atoms with Crippen molar-refractivity contribution in [1.82, 2.24) is 0 Å². The van der Waals surface area contributed by atoms with E-state index in [0.29, 0.717) is 25.7 Å². The zero-order valence-corrected chi connectivity index (χ0v) is 34.2. The fourth-order valence-electron chi connectivity index (χ4n) is 13.9. The summed E-state index contributed by atoms with van der Waals surface area (Å²) in [5.41, 5.74) is -1.50. The molecule has 3 saturated heterocycles. The van der Waals surface area contributed by atoms with Gasteiger partial charge in [0.05, 0.1) is 11.5 Å². The Morgan fingerprint density at radius 1 is 0.707 bits per heavy atom. The van der Waals surface area contributed by atoms with Gasteiger partial charge in [-0.15, -0.1) is 0 Å². The van der Waals surface area contributed by atoms with Crippen LogP contribution < -0.4 is 0 Å². The average Bonchev–Trinajstić information content (AvgIpc) is 3.40. The van der Waals surface area contributed by atoms with Crippen molar-refractivity contribution in [2.75, 3.05) is 0 Å². The number of fused-ring (bicyclic) bond motifs is 10. The van der Waals surface area contributed by atoms with Crippen molar-refractivity contribution in [2.24, 2.45) is 50.2 Å². The van der Waals surface area contributed by atoms with Gasteiger partial charge in [-0.05, 0) is 91.4 Å². The van der Waals surface area contributed by atoms with Crippen LogP contribution >= 0.6 is 0 Å². The lowest BCUT2D eigenvalue weighted by Gasteiger charge is -2.70. The van der Waals surface area contributed by atoms with E-state index in [1.807, 2.05) is 26.8 Å². The molecule has 0 radical (unpaired) electrons. The monoisotopic (exact) mass is 820 g/mol. The molecule has 2 bridgehead atoms. The smallest absolute Gasteiger partial charge is 0.335 e. The fraction of sp³-hybridized carbons (Fsp3) is 0.857. The summed E-state index contributed by atoms with van der Waals surface area (Å²) in [5.74, 6) is -3.64. The van der Waals surface area contributed by atoms with Crippen molar-refractivity contribution in [2.45, 2.75) is 173 Å². The SMILES string of the molecule is CC1(C)[C@@H](O[C@H]2O[C@H](C(=O)O)[C@@H](O)[C@H](O)[C@H]2O[C@@H]2O[C@H](C(=O)O)[C@@H](O)[C@H](O)[C@H]2O)CC[C@]2(C)[C@H]3C(=O)C=C4[C@@H]5C[C@]6(C)C[C@@H](OC6=O)[C@]5(C)CC[C@@]4(C)[C@]3(C)CC[C@@H]12. The van der Waals surface area contributed by atoms with Crippen LogP contribution in [0.15, 0.2) is 11.6 Å². The standard InChI is InChI=1S/C42H60O16/c1-37(2)20-8-11-42(7)31(19(43)14-17-18-15-38(3)16-22(55-36(38)53)39(18,4)12-13-41(17,42)6)40(20,5)10-9-21(37)54-35-30(26(47)25(46)29(57-35)33(51)52)58-34-27(48)23(44)24(45)28(56-34)32(49)50/h14,18,20-31,34-35,44-48H,8-13,15-16H2,1-7H3,(H,49,50)(H,51,52)/t18-,20-,21-,22+,23-,24-,25-,26-,27+,28-,29-,30+,31+,34-,35-,38+,39+,40-,41+,42+/m0/s1. The highest BCUT2D eigenvalue weighted by Gasteiger charge is 2.72. The van der Waals surface area contributed by atoms with Crippen molar-refractivity contribution in [3.05, 3.63) is 11.6 Å². The molecule has 16 nitrogen and oxygen atoms in total. The minimum atomic E-state index is -2.04. The number of carboxylic acid groups (broad SMARTS) is 2. The van der Waals surface area contributed by atoms with Gasteiger partial charge in [-0.25, -0.2) is 9.59 Å². The summed E-state index contributed by atoms with van der Waals surface area (Å²) in [5, 5.41) is 72.8. The van der Waals surface area contributed by atoms with Gasteiger partial charge in [0.25, 0.3) is 0 Å². The van der Waals surface area contributed by atoms with Gasteiger partial charge in [-0.2, -0.15) is 0 Å². The minimum Gasteiger partial charge on any atom is -0.479 e. The molecule has 20 atom stereocenters. The number of aliphatic carboxylic acids is 2. The molecule has 324 valence electrons. The number of rotatable bonds is 6. The number of aliphatic hydroxyl groups excluding tert-OH is 5. The van der Waals surface area contributed by atoms with E-state index in [1.54, 1.807) is 0 Å². The summed E-state index contributed by atoms with van der Waals surface area (Å²) < 4.78 is 29.4. The van der Waals surface area contributed by atoms with Crippen molar-refractivity contribution < 1.29 is 78.6 Å². The summed E-state index contributed by atoms with van der Waals surface area (Å²) >= 11 is 0. The normalized spacial score (nSPS) is 54.6. The number of hydrogen-bond donors (Lipinski definition) is 7. The molecule has 3 aliphatic heterocycles. The van der Waals surface area contributed by atoms with E-state index in [0.717, 1.165) is 31.3 Å². The van der Waals surface area contributed by atoms with E-state index in [2.05, 4.69) is 27.7 Å². The molecule has 0 aromatic carbocycles. The first-order chi connectivity index (χ1) is 26.9. The first-order valence-corrected chi connectivity index (χ1v) is 20.8. The van der Waals surface area contributed by atoms with E-state index < -0.39 is 95.7 Å². The third kappa shape index (κ3) is 5.64. The van der Waals surface area contributed by atoms with Crippen LogP contribution in [0.1, 0.15) is 99.8 Å². The molecule has 58 heavy (non-hydrogen) atoms. The van der Waals surface area contributed by atoms with E-state index >= 15 is 0 Å². The largest absolute Gasteiger partial charge is 0.479 e. The van der Waals surface area contributed by atoms with Gasteiger partial charge < -0.3 is 59.4 Å². The van der Waals surface area contributed by atoms with Gasteiger partial charge in [0.2, 0.25) is 0 Å². The second kappa shape index (κ2) is 13.5. The topological polar surface area (TPSA) is 256 Å². The predicted octanol–water partition coefficient (Wildman–Crippen LogP) is 1.70. The molecule has 0 unspecified atom stereocenters. The highest BCUT2D eigenvalue weighted by atomic mass is 16.8. The first-order valence-electron chi connectivity index (χ1n) is 20.8. The van der Waals surface area contributed by atoms with Crippen LogP contribution in [0.3, 0.4) is 0 Å². The predicted molar refractivity (Wildman–Crippen MR) is 197 cm³/mol. The Kier molecular flexibility index (Phi) is 9.80. The summed E-state index contributed by atoms with van der Waals surface area (Å²) in [4.78, 5) is 51.9. The number of carbonyl (C=O) groups is 4. The molecule has 0 aromatic heterocycles. The fourth-order valence-corrected chi connectivity index (χ4v) is 13.9. The minimum absolute atomic E-state index is 0.0481. The first kappa shape index (κ1) is 42.2. The van der Waals surface area contributed by atoms with E-state index in [4.69, 9.17) is 23.7 Å². The van der Waals surface area contributed by atoms with Crippen LogP contribution in [0, 0.1) is 50.2 Å². The Balaban J connectivity index is 1.08. The van der Waals surface area contributed by atoms with E-state index in [-0.39, 0.29) is 51.9 Å². The second-order valence-electron chi connectivity index (χ2n) is 20.8. The van der Waals surface area contributed by atoms with Crippen LogP contribution in [-0.2, 0) is 42.9 Å². The lowest BCUT2D eigenvalue weighted by Crippen LogP contribution is -2.68. The number of ketones is 1. The molecular formula is C42H60O16. The molecule has 0 aromatic rings. The summed E-state index contributed by atoms with van der Waals surface area (Å²) in [6, 6.07) is 0. The summed E-state index contributed by atoms with van der Waals surface area (Å²) in [7, 11) is 0. The Hall–Kier alpha value is -2.54. The lowest BCUT2D eigenvalue weighted by molar-refractivity contribution is -0.371. The third-order valence-corrected chi connectivity index (χ3v) is 17.5. The van der Waals surface area contributed by atoms with Crippen molar-refractivity contribution in [3.8, 4) is 0 Å². The molecule has 7 fully saturated rings. The summed E-state index contributed by atoms with van der Waals surface area (Å²) in [6.45, 7) is 15.1. The molecule has 0 amide bonds. The number of carboxylic acids is 2. The van der Waals surface area contributed by atoms with Gasteiger partial charge in [0, 0.05) is 17.8 Å². The average molecular weight is 821 g/mol. The van der Waals surface area contributed by atoms with Gasteiger partial charge >= 0.3 is 17.9 Å². The molecule has 4 saturated carbocycles. The maximum absolute atomic E-state index is 14.9. The van der Waals surface area contributed by atoms with Crippen LogP contribution in [0.5, 0.6) is 0 Å². The number of ether oxygens (including phenoxy) is 5. The maximum Gasteiger partial charge on any atom is 0.335 e. The van der Waals surface area contributed by atoms with Crippen molar-refractivity contribution in [1.29, 1.82) is 0 Å². The Bertz CT molecular complexity index is 1780. The van der Waals surface area contributed by atoms with Crippen LogP contribution in [0.25, 0.3) is 0 Å². The highest BCUT2D eigenvalue weighted by molar-refractivity contribution is 5.96. The quantitative estimate of drug-likeness (QED) is 0.149. The Morgan fingerprint density at radius 3 is 1.97 bits per heavy atom. The van der Waals surface area contributed by atoms with E-state index in [9.17, 15) is 54.9 Å². The molecule has 8 rings (SSSR count). The van der Waals surface area contributed by atoms with Crippen molar-refractivity contribution >= 4 is 23.7 Å². The lowest BCUT2D eigenvalue weighted by atomic mass is 9.33. The molecule has 3 heterocycles. The third-order valence-electron chi connectivity index (χ3n) is 17.5. The zero-order chi connectivity index (χ0) is 42.4. The van der Waals surface area contributed by atoms with Gasteiger partial charge in [-0.3, -0.25) is 9.59 Å². The van der Waals surface area contributed by atoms with Crippen LogP contribution in [0.2, 0.25) is 0 Å². The van der Waals surface area contributed by atoms with Crippen LogP contribution in [0.4, 0.5) is 0 Å². The maximum atomic E-state index is 14.9. The second-order valence-corrected chi connectivity index (χ2v) is 20.8. The number of carbonyl (C=O) groups excluding carboxylic acids is 2. The number of allylic oxidation sites excluding steroid dienone is 2. The number of hydrogen-bond acceptors (Lipinski definition) is 14. The van der Waals surface area contributed by atoms with Crippen molar-refractivity contribution in [3.63, 3.8) is 0 Å². The number of aliphatic hydroxyl groups is 5. The molecule has 16 heteroatoms. The zero-order valence-electron chi connectivity index (χ0n) is 34.2. The molecule has 5 aliphatic carbocycles. The highest BCUT2D eigenvalue weighted by Crippen LogP contribution is 2.76. The van der Waals surface area contributed by atoms with Gasteiger partial charge in [0.1, 0.15) is 42.7 Å². The molecule has 0 spiro atoms.